The number of benzene rings is 1. The summed E-state index contributed by atoms with van der Waals surface area (Å²) in [6, 6.07) is 8.81. The van der Waals surface area contributed by atoms with E-state index in [4.69, 9.17) is 9.73 Å². The molecular formula is C23H38N4O. The van der Waals surface area contributed by atoms with Crippen LogP contribution in [0.5, 0.6) is 0 Å². The summed E-state index contributed by atoms with van der Waals surface area (Å²) in [6.45, 7) is 10.2. The minimum atomic E-state index is 0.179. The highest BCUT2D eigenvalue weighted by molar-refractivity contribution is 5.79. The van der Waals surface area contributed by atoms with Gasteiger partial charge in [0.25, 0.3) is 0 Å². The molecule has 0 aromatic heterocycles. The Morgan fingerprint density at radius 2 is 1.89 bits per heavy atom. The van der Waals surface area contributed by atoms with Crippen LogP contribution in [-0.4, -0.2) is 57.2 Å². The number of aliphatic imine (C=N–C) groups is 1. The number of aryl methyl sites for hydroxylation is 1. The molecule has 0 saturated carbocycles. The fraction of sp³-hybridized carbons (Fsp3) is 0.696. The first-order chi connectivity index (χ1) is 13.7. The molecule has 1 aromatic carbocycles. The predicted octanol–water partition coefficient (Wildman–Crippen LogP) is 3.36. The number of hydrogen-bond acceptors (Lipinski definition) is 3. The van der Waals surface area contributed by atoms with Gasteiger partial charge >= 0.3 is 0 Å². The molecule has 2 atom stereocenters. The third-order valence-corrected chi connectivity index (χ3v) is 6.07. The highest BCUT2D eigenvalue weighted by atomic mass is 16.5. The van der Waals surface area contributed by atoms with Gasteiger partial charge in [-0.25, -0.2) is 0 Å². The van der Waals surface area contributed by atoms with Crippen molar-refractivity contribution in [2.45, 2.75) is 45.6 Å². The van der Waals surface area contributed by atoms with E-state index in [9.17, 15) is 0 Å². The Morgan fingerprint density at radius 3 is 2.61 bits per heavy atom. The van der Waals surface area contributed by atoms with Crippen molar-refractivity contribution in [3.05, 3.63) is 35.4 Å². The van der Waals surface area contributed by atoms with Crippen molar-refractivity contribution in [3.8, 4) is 0 Å². The fourth-order valence-electron chi connectivity index (χ4n) is 4.21. The summed E-state index contributed by atoms with van der Waals surface area (Å²) in [4.78, 5) is 7.31. The van der Waals surface area contributed by atoms with Crippen LogP contribution in [0.2, 0.25) is 0 Å². The van der Waals surface area contributed by atoms with Gasteiger partial charge < -0.3 is 20.3 Å². The van der Waals surface area contributed by atoms with Gasteiger partial charge in [0.1, 0.15) is 0 Å². The third-order valence-electron chi connectivity index (χ3n) is 6.07. The van der Waals surface area contributed by atoms with Gasteiger partial charge in [-0.2, -0.15) is 0 Å². The lowest BCUT2D eigenvalue weighted by molar-refractivity contribution is -0.0265. The molecule has 5 nitrogen and oxygen atoms in total. The standard InChI is InChI=1S/C23H38N4O/c1-4-24-23(25-16-19-11-13-27(3)14-12-19)26-17-21-6-5-15-28-22(21)20-9-7-18(2)8-10-20/h7-10,19,21-22H,4-6,11-17H2,1-3H3,(H2,24,25,26). The van der Waals surface area contributed by atoms with E-state index in [1.807, 2.05) is 0 Å². The quantitative estimate of drug-likeness (QED) is 0.581. The number of likely N-dealkylation sites (tertiary alicyclic amines) is 1. The molecule has 1 aromatic rings. The first-order valence-corrected chi connectivity index (χ1v) is 11.0. The van der Waals surface area contributed by atoms with E-state index >= 15 is 0 Å². The molecule has 0 spiro atoms. The van der Waals surface area contributed by atoms with E-state index in [0.29, 0.717) is 11.8 Å². The second-order valence-electron chi connectivity index (χ2n) is 8.45. The summed E-state index contributed by atoms with van der Waals surface area (Å²) < 4.78 is 6.17. The number of guanidine groups is 1. The van der Waals surface area contributed by atoms with Crippen molar-refractivity contribution in [3.63, 3.8) is 0 Å². The summed E-state index contributed by atoms with van der Waals surface area (Å²) in [7, 11) is 2.21. The largest absolute Gasteiger partial charge is 0.373 e. The van der Waals surface area contributed by atoms with Crippen molar-refractivity contribution < 1.29 is 4.74 Å². The molecule has 156 valence electrons. The maximum atomic E-state index is 6.17. The van der Waals surface area contributed by atoms with Gasteiger partial charge in [0.15, 0.2) is 5.96 Å². The molecule has 0 bridgehead atoms. The van der Waals surface area contributed by atoms with Crippen LogP contribution in [0.1, 0.15) is 49.8 Å². The van der Waals surface area contributed by atoms with Gasteiger partial charge in [-0.05, 0) is 71.1 Å². The first-order valence-electron chi connectivity index (χ1n) is 11.0. The monoisotopic (exact) mass is 386 g/mol. The number of hydrogen-bond donors (Lipinski definition) is 2. The highest BCUT2D eigenvalue weighted by Crippen LogP contribution is 2.33. The van der Waals surface area contributed by atoms with E-state index in [2.05, 4.69) is 60.7 Å². The van der Waals surface area contributed by atoms with Crippen molar-refractivity contribution in [2.75, 3.05) is 46.4 Å². The maximum absolute atomic E-state index is 6.17. The Balaban J connectivity index is 1.56. The lowest BCUT2D eigenvalue weighted by atomic mass is 9.89. The topological polar surface area (TPSA) is 48.9 Å². The van der Waals surface area contributed by atoms with E-state index in [1.165, 1.54) is 43.5 Å². The normalized spacial score (nSPS) is 24.9. The molecule has 2 fully saturated rings. The Bertz CT molecular complexity index is 608. The zero-order chi connectivity index (χ0) is 19.8. The van der Waals surface area contributed by atoms with Crippen molar-refractivity contribution in [1.29, 1.82) is 0 Å². The van der Waals surface area contributed by atoms with Gasteiger partial charge in [-0.1, -0.05) is 29.8 Å². The summed E-state index contributed by atoms with van der Waals surface area (Å²) in [5.41, 5.74) is 2.59. The number of rotatable bonds is 6. The van der Waals surface area contributed by atoms with E-state index in [1.54, 1.807) is 0 Å². The maximum Gasteiger partial charge on any atom is 0.191 e. The Labute approximate surface area is 170 Å². The first kappa shape index (κ1) is 21.1. The summed E-state index contributed by atoms with van der Waals surface area (Å²) in [5.74, 6) is 2.14. The summed E-state index contributed by atoms with van der Waals surface area (Å²) >= 11 is 0. The number of nitrogens with zero attached hydrogens (tertiary/aromatic N) is 2. The predicted molar refractivity (Wildman–Crippen MR) is 117 cm³/mol. The smallest absolute Gasteiger partial charge is 0.191 e. The molecule has 3 rings (SSSR count). The molecule has 5 heteroatoms. The van der Waals surface area contributed by atoms with Gasteiger partial charge in [0, 0.05) is 32.2 Å². The molecule has 0 aliphatic carbocycles. The molecule has 2 saturated heterocycles. The van der Waals surface area contributed by atoms with E-state index in [-0.39, 0.29) is 6.10 Å². The molecule has 2 N–H and O–H groups in total. The number of nitrogens with one attached hydrogen (secondary N) is 2. The molecule has 2 aliphatic heterocycles. The van der Waals surface area contributed by atoms with Gasteiger partial charge in [0.2, 0.25) is 0 Å². The SMILES string of the molecule is CCNC(=NCC1CCN(C)CC1)NCC1CCCOC1c1ccc(C)cc1. The van der Waals surface area contributed by atoms with E-state index < -0.39 is 0 Å². The zero-order valence-electron chi connectivity index (χ0n) is 17.9. The Morgan fingerprint density at radius 1 is 1.14 bits per heavy atom. The van der Waals surface area contributed by atoms with Crippen molar-refractivity contribution in [2.24, 2.45) is 16.8 Å². The average Bonchev–Trinajstić information content (AvgIpc) is 2.72. The minimum absolute atomic E-state index is 0.179. The lowest BCUT2D eigenvalue weighted by Gasteiger charge is -2.33. The summed E-state index contributed by atoms with van der Waals surface area (Å²) in [6.07, 6.45) is 5.02. The highest BCUT2D eigenvalue weighted by Gasteiger charge is 2.27. The van der Waals surface area contributed by atoms with Gasteiger partial charge in [-0.15, -0.1) is 0 Å². The second kappa shape index (κ2) is 10.8. The Kier molecular flexibility index (Phi) is 8.16. The third kappa shape index (κ3) is 6.21. The van der Waals surface area contributed by atoms with Crippen LogP contribution in [0.3, 0.4) is 0 Å². The van der Waals surface area contributed by atoms with Crippen LogP contribution in [-0.2, 0) is 4.74 Å². The lowest BCUT2D eigenvalue weighted by Crippen LogP contribution is -2.42. The van der Waals surface area contributed by atoms with Crippen LogP contribution in [0.15, 0.2) is 29.3 Å². The van der Waals surface area contributed by atoms with Crippen LogP contribution in [0, 0.1) is 18.8 Å². The molecular weight excluding hydrogens is 348 g/mol. The van der Waals surface area contributed by atoms with Gasteiger partial charge in [-0.3, -0.25) is 4.99 Å². The van der Waals surface area contributed by atoms with Gasteiger partial charge in [0.05, 0.1) is 6.10 Å². The average molecular weight is 387 g/mol. The molecule has 0 amide bonds. The molecule has 28 heavy (non-hydrogen) atoms. The minimum Gasteiger partial charge on any atom is -0.373 e. The molecule has 2 heterocycles. The number of piperidine rings is 1. The van der Waals surface area contributed by atoms with Crippen LogP contribution in [0.25, 0.3) is 0 Å². The molecule has 0 radical (unpaired) electrons. The number of ether oxygens (including phenoxy) is 1. The van der Waals surface area contributed by atoms with E-state index in [0.717, 1.165) is 38.6 Å². The fourth-order valence-corrected chi connectivity index (χ4v) is 4.21. The molecule has 2 aliphatic rings. The van der Waals surface area contributed by atoms with Crippen LogP contribution < -0.4 is 10.6 Å². The van der Waals surface area contributed by atoms with Crippen LogP contribution >= 0.6 is 0 Å². The summed E-state index contributed by atoms with van der Waals surface area (Å²) in [5, 5.41) is 7.02. The van der Waals surface area contributed by atoms with Crippen LogP contribution in [0.4, 0.5) is 0 Å². The Hall–Kier alpha value is -1.59. The molecule has 2 unspecified atom stereocenters. The van der Waals surface area contributed by atoms with Crippen molar-refractivity contribution >= 4 is 5.96 Å². The zero-order valence-corrected chi connectivity index (χ0v) is 17.9. The van der Waals surface area contributed by atoms with Crippen molar-refractivity contribution in [1.82, 2.24) is 15.5 Å². The second-order valence-corrected chi connectivity index (χ2v) is 8.45.